The van der Waals surface area contributed by atoms with Crippen LogP contribution >= 0.6 is 0 Å². The maximum Gasteiger partial charge on any atom is 0.390 e. The highest BCUT2D eigenvalue weighted by atomic mass is 19.4. The van der Waals surface area contributed by atoms with E-state index in [0.29, 0.717) is 25.9 Å². The minimum atomic E-state index is -4.18. The van der Waals surface area contributed by atoms with Crippen LogP contribution in [0, 0.1) is 5.41 Å². The van der Waals surface area contributed by atoms with Crippen molar-refractivity contribution in [1.82, 2.24) is 10.2 Å². The number of rotatable bonds is 2. The van der Waals surface area contributed by atoms with Crippen LogP contribution < -0.4 is 5.32 Å². The summed E-state index contributed by atoms with van der Waals surface area (Å²) in [4.78, 5) is 13.7. The van der Waals surface area contributed by atoms with E-state index in [1.165, 1.54) is 0 Å². The van der Waals surface area contributed by atoms with Gasteiger partial charge in [0.05, 0.1) is 17.9 Å². The number of hydrogen-bond acceptors (Lipinski definition) is 3. The van der Waals surface area contributed by atoms with Crippen molar-refractivity contribution in [2.45, 2.75) is 38.0 Å². The third-order valence-corrected chi connectivity index (χ3v) is 4.11. The maximum atomic E-state index is 12.2. The number of alkyl halides is 3. The van der Waals surface area contributed by atoms with Gasteiger partial charge in [0.1, 0.15) is 0 Å². The zero-order chi connectivity index (χ0) is 14.1. The molecule has 2 N–H and O–H groups in total. The van der Waals surface area contributed by atoms with E-state index in [4.69, 9.17) is 0 Å². The zero-order valence-electron chi connectivity index (χ0n) is 10.7. The number of amides is 1. The quantitative estimate of drug-likeness (QED) is 0.790. The van der Waals surface area contributed by atoms with Gasteiger partial charge in [-0.2, -0.15) is 13.2 Å². The molecule has 19 heavy (non-hydrogen) atoms. The molecule has 0 unspecified atom stereocenters. The highest BCUT2D eigenvalue weighted by molar-refractivity contribution is 5.84. The minimum Gasteiger partial charge on any atom is -0.392 e. The molecule has 0 aromatic heterocycles. The largest absolute Gasteiger partial charge is 0.392 e. The van der Waals surface area contributed by atoms with Gasteiger partial charge in [0.25, 0.3) is 0 Å². The second kappa shape index (κ2) is 5.28. The summed E-state index contributed by atoms with van der Waals surface area (Å²) >= 11 is 0. The standard InChI is InChI=1S/C12H19F3N2O2/c13-12(14,15)4-7-17-6-2-9(18)11(8-17)3-1-5-16-10(11)19/h9,18H,1-8H2,(H,16,19)/t9-,11+/m0/s1. The molecule has 0 aromatic carbocycles. The van der Waals surface area contributed by atoms with Gasteiger partial charge < -0.3 is 15.3 Å². The lowest BCUT2D eigenvalue weighted by Gasteiger charge is -2.47. The number of nitrogens with zero attached hydrogens (tertiary/aromatic N) is 1. The summed E-state index contributed by atoms with van der Waals surface area (Å²) in [5.74, 6) is -0.219. The Kier molecular flexibility index (Phi) is 4.06. The number of aliphatic hydroxyl groups excluding tert-OH is 1. The summed E-state index contributed by atoms with van der Waals surface area (Å²) in [5, 5.41) is 12.8. The van der Waals surface area contributed by atoms with Gasteiger partial charge in [0.2, 0.25) is 5.91 Å². The molecule has 0 aliphatic carbocycles. The predicted molar refractivity (Wildman–Crippen MR) is 62.4 cm³/mol. The van der Waals surface area contributed by atoms with Crippen LogP contribution in [0.25, 0.3) is 0 Å². The SMILES string of the molecule is O=C1NCCC[C@]12CN(CCC(F)(F)F)CC[C@@H]2O. The molecule has 0 radical (unpaired) electrons. The summed E-state index contributed by atoms with van der Waals surface area (Å²) < 4.78 is 36.7. The van der Waals surface area contributed by atoms with E-state index in [1.54, 1.807) is 4.90 Å². The van der Waals surface area contributed by atoms with Gasteiger partial charge in [-0.25, -0.2) is 0 Å². The van der Waals surface area contributed by atoms with Gasteiger partial charge >= 0.3 is 6.18 Å². The predicted octanol–water partition coefficient (Wildman–Crippen LogP) is 0.902. The maximum absolute atomic E-state index is 12.2. The number of carbonyl (C=O) groups is 1. The normalized spacial score (nSPS) is 33.5. The summed E-state index contributed by atoms with van der Waals surface area (Å²) in [7, 11) is 0. The molecule has 2 fully saturated rings. The molecule has 2 atom stereocenters. The third kappa shape index (κ3) is 3.20. The first-order valence-electron chi connectivity index (χ1n) is 6.59. The molecule has 110 valence electrons. The van der Waals surface area contributed by atoms with Gasteiger partial charge in [-0.05, 0) is 19.3 Å². The third-order valence-electron chi connectivity index (χ3n) is 4.11. The lowest BCUT2D eigenvalue weighted by molar-refractivity contribution is -0.154. The fraction of sp³-hybridized carbons (Fsp3) is 0.917. The fourth-order valence-electron chi connectivity index (χ4n) is 3.00. The van der Waals surface area contributed by atoms with Crippen molar-refractivity contribution < 1.29 is 23.1 Å². The Hall–Kier alpha value is -0.820. The molecule has 4 nitrogen and oxygen atoms in total. The summed E-state index contributed by atoms with van der Waals surface area (Å²) in [5.41, 5.74) is -0.915. The lowest BCUT2D eigenvalue weighted by Crippen LogP contribution is -2.61. The van der Waals surface area contributed by atoms with Crippen molar-refractivity contribution in [2.24, 2.45) is 5.41 Å². The van der Waals surface area contributed by atoms with Gasteiger partial charge in [0, 0.05) is 26.2 Å². The Morgan fingerprint density at radius 2 is 2.21 bits per heavy atom. The monoisotopic (exact) mass is 280 g/mol. The molecule has 2 aliphatic rings. The highest BCUT2D eigenvalue weighted by Crippen LogP contribution is 2.37. The van der Waals surface area contributed by atoms with Crippen LogP contribution in [0.3, 0.4) is 0 Å². The number of nitrogens with one attached hydrogen (secondary N) is 1. The number of carbonyl (C=O) groups excluding carboxylic acids is 1. The molecule has 2 rings (SSSR count). The molecule has 0 aromatic rings. The first kappa shape index (κ1) is 14.6. The molecule has 1 spiro atoms. The van der Waals surface area contributed by atoms with Crippen LogP contribution in [0.4, 0.5) is 13.2 Å². The van der Waals surface area contributed by atoms with E-state index >= 15 is 0 Å². The van der Waals surface area contributed by atoms with Crippen LogP contribution in [0.15, 0.2) is 0 Å². The molecular weight excluding hydrogens is 261 g/mol. The molecule has 2 heterocycles. The van der Waals surface area contributed by atoms with Crippen LogP contribution in [0.1, 0.15) is 25.7 Å². The first-order chi connectivity index (χ1) is 8.83. The Bertz CT molecular complexity index is 348. The molecule has 0 saturated carbocycles. The Balaban J connectivity index is 2.01. The molecule has 1 amide bonds. The van der Waals surface area contributed by atoms with Gasteiger partial charge in [0.15, 0.2) is 0 Å². The Morgan fingerprint density at radius 1 is 1.47 bits per heavy atom. The van der Waals surface area contributed by atoms with E-state index in [-0.39, 0.29) is 19.0 Å². The number of piperidine rings is 2. The smallest absolute Gasteiger partial charge is 0.390 e. The topological polar surface area (TPSA) is 52.6 Å². The van der Waals surface area contributed by atoms with Crippen LogP contribution in [0.5, 0.6) is 0 Å². The van der Waals surface area contributed by atoms with Crippen molar-refractivity contribution in [3.05, 3.63) is 0 Å². The van der Waals surface area contributed by atoms with Crippen LogP contribution in [-0.4, -0.2) is 54.4 Å². The van der Waals surface area contributed by atoms with Crippen molar-refractivity contribution in [2.75, 3.05) is 26.2 Å². The van der Waals surface area contributed by atoms with Crippen molar-refractivity contribution in [3.63, 3.8) is 0 Å². The zero-order valence-corrected chi connectivity index (χ0v) is 10.7. The molecule has 0 bridgehead atoms. The Labute approximate surface area is 110 Å². The lowest BCUT2D eigenvalue weighted by atomic mass is 9.71. The van der Waals surface area contributed by atoms with E-state index in [0.717, 1.165) is 6.42 Å². The molecule has 2 aliphatic heterocycles. The second-order valence-corrected chi connectivity index (χ2v) is 5.46. The second-order valence-electron chi connectivity index (χ2n) is 5.46. The summed E-state index contributed by atoms with van der Waals surface area (Å²) in [6.07, 6.45) is -4.15. The van der Waals surface area contributed by atoms with Gasteiger partial charge in [-0.1, -0.05) is 0 Å². The molecule has 7 heteroatoms. The minimum absolute atomic E-state index is 0.106. The first-order valence-corrected chi connectivity index (χ1v) is 6.59. The average Bonchev–Trinajstić information content (AvgIpc) is 2.33. The summed E-state index contributed by atoms with van der Waals surface area (Å²) in [6, 6.07) is 0. The van der Waals surface area contributed by atoms with E-state index in [9.17, 15) is 23.1 Å². The molecule has 2 saturated heterocycles. The number of aliphatic hydroxyl groups is 1. The fourth-order valence-corrected chi connectivity index (χ4v) is 3.00. The van der Waals surface area contributed by atoms with Crippen molar-refractivity contribution >= 4 is 5.91 Å². The van der Waals surface area contributed by atoms with E-state index < -0.39 is 24.1 Å². The molecular formula is C12H19F3N2O2. The van der Waals surface area contributed by atoms with E-state index in [1.807, 2.05) is 0 Å². The van der Waals surface area contributed by atoms with Crippen LogP contribution in [0.2, 0.25) is 0 Å². The van der Waals surface area contributed by atoms with Crippen molar-refractivity contribution in [1.29, 1.82) is 0 Å². The number of likely N-dealkylation sites (tertiary alicyclic amines) is 1. The average molecular weight is 280 g/mol. The Morgan fingerprint density at radius 3 is 2.84 bits per heavy atom. The van der Waals surface area contributed by atoms with Crippen LogP contribution in [-0.2, 0) is 4.79 Å². The summed E-state index contributed by atoms with van der Waals surface area (Å²) in [6.45, 7) is 1.10. The van der Waals surface area contributed by atoms with Crippen molar-refractivity contribution in [3.8, 4) is 0 Å². The number of hydrogen-bond donors (Lipinski definition) is 2. The van der Waals surface area contributed by atoms with E-state index in [2.05, 4.69) is 5.32 Å². The highest BCUT2D eigenvalue weighted by Gasteiger charge is 2.49. The van der Waals surface area contributed by atoms with Gasteiger partial charge in [-0.15, -0.1) is 0 Å². The number of halogens is 3. The van der Waals surface area contributed by atoms with Gasteiger partial charge in [-0.3, -0.25) is 4.79 Å².